The standard InChI is InChI=1S/C21H23N5/c1-14-6-4-8-16(22-14)17-10-11-18(24-17)19-12-13-21(26(3)25-19)20-9-5-7-15(2)23-20/h4-11,21,24H,12-13H2,1-3H3. The maximum Gasteiger partial charge on any atom is 0.0891 e. The van der Waals surface area contributed by atoms with E-state index in [-0.39, 0.29) is 6.04 Å². The molecule has 26 heavy (non-hydrogen) atoms. The smallest absolute Gasteiger partial charge is 0.0891 e. The molecule has 1 N–H and O–H groups in total. The molecule has 5 nitrogen and oxygen atoms in total. The summed E-state index contributed by atoms with van der Waals surface area (Å²) < 4.78 is 0. The van der Waals surface area contributed by atoms with Crippen molar-refractivity contribution in [3.8, 4) is 11.4 Å². The molecule has 5 heteroatoms. The predicted molar refractivity (Wildman–Crippen MR) is 104 cm³/mol. The third kappa shape index (κ3) is 3.25. The molecule has 0 aromatic carbocycles. The average molecular weight is 345 g/mol. The van der Waals surface area contributed by atoms with E-state index < -0.39 is 0 Å². The summed E-state index contributed by atoms with van der Waals surface area (Å²) in [5.74, 6) is 0. The SMILES string of the molecule is Cc1cccc(-c2ccc(C3=NN(C)C(c4cccc(C)n4)CC3)[nH]2)n1. The Kier molecular flexibility index (Phi) is 4.29. The van der Waals surface area contributed by atoms with Gasteiger partial charge >= 0.3 is 0 Å². The van der Waals surface area contributed by atoms with Gasteiger partial charge in [-0.2, -0.15) is 5.10 Å². The number of hydrogen-bond donors (Lipinski definition) is 1. The highest BCUT2D eigenvalue weighted by Crippen LogP contribution is 2.29. The van der Waals surface area contributed by atoms with Crippen LogP contribution >= 0.6 is 0 Å². The van der Waals surface area contributed by atoms with Crippen LogP contribution < -0.4 is 0 Å². The maximum atomic E-state index is 4.82. The largest absolute Gasteiger partial charge is 0.352 e. The normalized spacial score (nSPS) is 17.3. The zero-order valence-corrected chi connectivity index (χ0v) is 15.4. The van der Waals surface area contributed by atoms with E-state index >= 15 is 0 Å². The van der Waals surface area contributed by atoms with Crippen LogP contribution in [0.3, 0.4) is 0 Å². The average Bonchev–Trinajstić information content (AvgIpc) is 3.12. The lowest BCUT2D eigenvalue weighted by molar-refractivity contribution is 0.227. The third-order valence-corrected chi connectivity index (χ3v) is 4.80. The topological polar surface area (TPSA) is 57.2 Å². The molecule has 1 unspecified atom stereocenters. The first-order valence-electron chi connectivity index (χ1n) is 8.97. The van der Waals surface area contributed by atoms with Gasteiger partial charge in [0.05, 0.1) is 34.5 Å². The lowest BCUT2D eigenvalue weighted by Crippen LogP contribution is -2.27. The van der Waals surface area contributed by atoms with Crippen LogP contribution in [0.4, 0.5) is 0 Å². The molecule has 0 aliphatic carbocycles. The van der Waals surface area contributed by atoms with E-state index in [1.54, 1.807) is 0 Å². The number of aromatic amines is 1. The minimum atomic E-state index is 0.228. The van der Waals surface area contributed by atoms with E-state index in [9.17, 15) is 0 Å². The Hall–Kier alpha value is -2.95. The highest BCUT2D eigenvalue weighted by Gasteiger charge is 2.24. The van der Waals surface area contributed by atoms with E-state index in [0.29, 0.717) is 0 Å². The minimum absolute atomic E-state index is 0.228. The molecular formula is C21H23N5. The van der Waals surface area contributed by atoms with Crippen LogP contribution in [0.25, 0.3) is 11.4 Å². The Morgan fingerprint density at radius 2 is 1.65 bits per heavy atom. The molecule has 1 aliphatic rings. The van der Waals surface area contributed by atoms with Crippen molar-refractivity contribution in [1.29, 1.82) is 0 Å². The van der Waals surface area contributed by atoms with Crippen LogP contribution in [-0.4, -0.2) is 32.7 Å². The van der Waals surface area contributed by atoms with Crippen molar-refractivity contribution < 1.29 is 0 Å². The summed E-state index contributed by atoms with van der Waals surface area (Å²) in [5.41, 5.74) is 7.28. The first kappa shape index (κ1) is 16.5. The van der Waals surface area contributed by atoms with Crippen LogP contribution in [0, 0.1) is 13.8 Å². The molecule has 0 bridgehead atoms. The summed E-state index contributed by atoms with van der Waals surface area (Å²) in [7, 11) is 2.03. The Balaban J connectivity index is 1.57. The van der Waals surface area contributed by atoms with Gasteiger partial charge in [0.15, 0.2) is 0 Å². The number of hydrogen-bond acceptors (Lipinski definition) is 4. The second kappa shape index (κ2) is 6.75. The monoisotopic (exact) mass is 345 g/mol. The van der Waals surface area contributed by atoms with E-state index in [4.69, 9.17) is 5.10 Å². The number of pyridine rings is 2. The van der Waals surface area contributed by atoms with Gasteiger partial charge in [-0.1, -0.05) is 12.1 Å². The van der Waals surface area contributed by atoms with Gasteiger partial charge in [0.2, 0.25) is 0 Å². The van der Waals surface area contributed by atoms with Gasteiger partial charge in [-0.15, -0.1) is 0 Å². The van der Waals surface area contributed by atoms with Gasteiger partial charge in [0, 0.05) is 18.4 Å². The van der Waals surface area contributed by atoms with Crippen molar-refractivity contribution in [2.45, 2.75) is 32.7 Å². The van der Waals surface area contributed by atoms with Gasteiger partial charge in [-0.25, -0.2) is 0 Å². The highest BCUT2D eigenvalue weighted by molar-refractivity contribution is 5.99. The van der Waals surface area contributed by atoms with Gasteiger partial charge in [0.25, 0.3) is 0 Å². The van der Waals surface area contributed by atoms with Crippen LogP contribution in [-0.2, 0) is 0 Å². The van der Waals surface area contributed by atoms with E-state index in [1.807, 2.05) is 50.2 Å². The molecule has 0 spiro atoms. The van der Waals surface area contributed by atoms with Crippen LogP contribution in [0.5, 0.6) is 0 Å². The number of H-pyrrole nitrogens is 1. The molecule has 0 saturated heterocycles. The van der Waals surface area contributed by atoms with Crippen molar-refractivity contribution in [3.05, 3.63) is 71.3 Å². The fourth-order valence-corrected chi connectivity index (χ4v) is 3.45. The molecule has 0 amide bonds. The quantitative estimate of drug-likeness (QED) is 0.771. The van der Waals surface area contributed by atoms with Crippen molar-refractivity contribution >= 4 is 5.71 Å². The lowest BCUT2D eigenvalue weighted by atomic mass is 10.0. The molecule has 4 heterocycles. The van der Waals surface area contributed by atoms with E-state index in [0.717, 1.165) is 52.7 Å². The van der Waals surface area contributed by atoms with Gasteiger partial charge in [-0.3, -0.25) is 15.0 Å². The molecule has 0 fully saturated rings. The number of rotatable bonds is 3. The molecule has 3 aromatic heterocycles. The Morgan fingerprint density at radius 1 is 0.923 bits per heavy atom. The van der Waals surface area contributed by atoms with Gasteiger partial charge < -0.3 is 4.98 Å². The van der Waals surface area contributed by atoms with Crippen molar-refractivity contribution in [2.24, 2.45) is 5.10 Å². The number of hydrazone groups is 1. The van der Waals surface area contributed by atoms with Crippen molar-refractivity contribution in [2.75, 3.05) is 7.05 Å². The molecule has 1 atom stereocenters. The summed E-state index contributed by atoms with van der Waals surface area (Å²) in [6.45, 7) is 4.04. The number of aromatic nitrogens is 3. The first-order valence-corrected chi connectivity index (χ1v) is 8.97. The second-order valence-electron chi connectivity index (χ2n) is 6.83. The number of aryl methyl sites for hydroxylation is 2. The molecule has 0 radical (unpaired) electrons. The zero-order valence-electron chi connectivity index (χ0n) is 15.4. The molecule has 4 rings (SSSR count). The van der Waals surface area contributed by atoms with Gasteiger partial charge in [-0.05, 0) is 63.1 Å². The Bertz CT molecular complexity index is 956. The minimum Gasteiger partial charge on any atom is -0.352 e. The first-order chi connectivity index (χ1) is 12.6. The summed E-state index contributed by atoms with van der Waals surface area (Å²) in [6.07, 6.45) is 1.93. The van der Waals surface area contributed by atoms with Crippen LogP contribution in [0.15, 0.2) is 53.6 Å². The van der Waals surface area contributed by atoms with E-state index in [2.05, 4.69) is 39.2 Å². The summed E-state index contributed by atoms with van der Waals surface area (Å²) in [4.78, 5) is 12.7. The van der Waals surface area contributed by atoms with Crippen molar-refractivity contribution in [3.63, 3.8) is 0 Å². The number of nitrogens with one attached hydrogen (secondary N) is 1. The van der Waals surface area contributed by atoms with E-state index in [1.165, 1.54) is 0 Å². The fraction of sp³-hybridized carbons (Fsp3) is 0.286. The summed E-state index contributed by atoms with van der Waals surface area (Å²) in [6, 6.07) is 16.6. The second-order valence-corrected chi connectivity index (χ2v) is 6.83. The Labute approximate surface area is 153 Å². The van der Waals surface area contributed by atoms with Crippen LogP contribution in [0.1, 0.15) is 41.7 Å². The fourth-order valence-electron chi connectivity index (χ4n) is 3.45. The van der Waals surface area contributed by atoms with Gasteiger partial charge in [0.1, 0.15) is 0 Å². The summed E-state index contributed by atoms with van der Waals surface area (Å²) in [5, 5.41) is 6.86. The number of nitrogens with zero attached hydrogens (tertiary/aromatic N) is 4. The third-order valence-electron chi connectivity index (χ3n) is 4.80. The van der Waals surface area contributed by atoms with Crippen LogP contribution in [0.2, 0.25) is 0 Å². The molecule has 1 aliphatic heterocycles. The lowest BCUT2D eigenvalue weighted by Gasteiger charge is -2.30. The molecule has 0 saturated carbocycles. The maximum absolute atomic E-state index is 4.82. The zero-order chi connectivity index (χ0) is 18.1. The Morgan fingerprint density at radius 3 is 2.38 bits per heavy atom. The van der Waals surface area contributed by atoms with Crippen molar-refractivity contribution in [1.82, 2.24) is 20.0 Å². The molecular weight excluding hydrogens is 322 g/mol. The molecule has 3 aromatic rings. The highest BCUT2D eigenvalue weighted by atomic mass is 15.5. The predicted octanol–water partition coefficient (Wildman–Crippen LogP) is 4.26. The summed E-state index contributed by atoms with van der Waals surface area (Å²) >= 11 is 0. The molecule has 132 valence electrons.